The summed E-state index contributed by atoms with van der Waals surface area (Å²) in [6.07, 6.45) is 0.387. The molecule has 172 valence electrons. The molecule has 0 radical (unpaired) electrons. The molecular weight excluding hydrogens is 400 g/mol. The van der Waals surface area contributed by atoms with Gasteiger partial charge in [-0.25, -0.2) is 4.79 Å². The molecule has 0 aliphatic rings. The van der Waals surface area contributed by atoms with E-state index in [0.717, 1.165) is 0 Å². The molecule has 2 aromatic rings. The van der Waals surface area contributed by atoms with Gasteiger partial charge in [0.05, 0.1) is 12.2 Å². The van der Waals surface area contributed by atoms with Crippen molar-refractivity contribution in [2.24, 2.45) is 5.73 Å². The van der Waals surface area contributed by atoms with Gasteiger partial charge in [0.2, 0.25) is 11.6 Å². The first-order valence-corrected chi connectivity index (χ1v) is 9.91. The van der Waals surface area contributed by atoms with Crippen molar-refractivity contribution in [3.8, 4) is 0 Å². The number of hydrogen-bond acceptors (Lipinski definition) is 8. The Morgan fingerprint density at radius 2 is 1.61 bits per heavy atom. The van der Waals surface area contributed by atoms with Crippen LogP contribution in [0, 0.1) is 0 Å². The largest absolute Gasteiger partial charge is 0.462 e. The molecule has 31 heavy (non-hydrogen) atoms. The third-order valence-corrected chi connectivity index (χ3v) is 3.59. The summed E-state index contributed by atoms with van der Waals surface area (Å²) in [6, 6.07) is 12.7. The van der Waals surface area contributed by atoms with E-state index in [1.54, 1.807) is 43.3 Å². The minimum Gasteiger partial charge on any atom is -0.462 e. The van der Waals surface area contributed by atoms with Crippen LogP contribution >= 0.6 is 0 Å². The first-order chi connectivity index (χ1) is 14.8. The number of rotatable bonds is 6. The molecule has 0 aliphatic heterocycles. The highest BCUT2D eigenvalue weighted by Crippen LogP contribution is 2.17. The second-order valence-electron chi connectivity index (χ2n) is 5.55. The number of nitrogens with two attached hydrogens (primary N) is 2. The number of nitrogen functional groups attached to an aromatic ring is 1. The van der Waals surface area contributed by atoms with E-state index in [-0.39, 0.29) is 23.5 Å². The Morgan fingerprint density at radius 1 is 1.03 bits per heavy atom. The van der Waals surface area contributed by atoms with Gasteiger partial charge in [-0.3, -0.25) is 9.59 Å². The Bertz CT molecular complexity index is 806. The average molecular weight is 435 g/mol. The van der Waals surface area contributed by atoms with Gasteiger partial charge in [0.25, 0.3) is 0 Å². The van der Waals surface area contributed by atoms with E-state index in [1.807, 2.05) is 13.8 Å². The number of hydrogen-bond donors (Lipinski definition) is 4. The van der Waals surface area contributed by atoms with Crippen LogP contribution in [0.5, 0.6) is 0 Å². The summed E-state index contributed by atoms with van der Waals surface area (Å²) >= 11 is 0. The molecule has 2 aromatic carbocycles. The molecule has 0 heterocycles. The number of carbonyl (C=O) groups is 3. The number of esters is 1. The molecule has 6 N–H and O–H groups in total. The lowest BCUT2D eigenvalue weighted by molar-refractivity contribution is -0.122. The number of Topliss-reactive ketones (excluding diaryl/α,β-unsaturated/α-hetero) is 1. The van der Waals surface area contributed by atoms with Crippen molar-refractivity contribution in [3.63, 3.8) is 0 Å². The summed E-state index contributed by atoms with van der Waals surface area (Å²) < 4.78 is 4.79. The van der Waals surface area contributed by atoms with Crippen LogP contribution in [0.3, 0.4) is 0 Å². The Morgan fingerprint density at radius 3 is 2.10 bits per heavy atom. The summed E-state index contributed by atoms with van der Waals surface area (Å²) in [4.78, 5) is 33.4. The molecule has 0 saturated heterocycles. The van der Waals surface area contributed by atoms with Crippen LogP contribution in [0.25, 0.3) is 0 Å². The molecule has 0 saturated carbocycles. The van der Waals surface area contributed by atoms with E-state index in [9.17, 15) is 24.6 Å². The Labute approximate surface area is 183 Å². The first kappa shape index (κ1) is 30.1. The molecule has 8 nitrogen and oxygen atoms in total. The molecule has 8 heteroatoms. The number of carbonyl (C=O) groups excluding carboxylic acids is 3. The smallest absolute Gasteiger partial charge is 0.338 e. The second-order valence-corrected chi connectivity index (χ2v) is 5.55. The minimum absolute atomic E-state index is 0.0272. The highest BCUT2D eigenvalue weighted by atomic mass is 16.5. The van der Waals surface area contributed by atoms with Crippen LogP contribution in [-0.4, -0.2) is 47.7 Å². The maximum atomic E-state index is 11.6. The maximum Gasteiger partial charge on any atom is 0.338 e. The maximum absolute atomic E-state index is 11.6. The zero-order valence-electron chi connectivity index (χ0n) is 18.8. The molecule has 0 aliphatic carbocycles. The van der Waals surface area contributed by atoms with E-state index in [1.165, 1.54) is 26.1 Å². The second kappa shape index (κ2) is 16.7. The highest BCUT2D eigenvalue weighted by molar-refractivity contribution is 6.06. The summed E-state index contributed by atoms with van der Waals surface area (Å²) in [5.74, 6) is -3.59. The highest BCUT2D eigenvalue weighted by Gasteiger charge is 2.32. The molecule has 0 aromatic heterocycles. The van der Waals surface area contributed by atoms with Crippen molar-refractivity contribution in [2.45, 2.75) is 39.9 Å². The number of anilines is 1. The van der Waals surface area contributed by atoms with Gasteiger partial charge >= 0.3 is 5.97 Å². The fraction of sp³-hybridized carbons (Fsp3) is 0.348. The molecule has 0 unspecified atom stereocenters. The van der Waals surface area contributed by atoms with Crippen molar-refractivity contribution in [3.05, 3.63) is 65.2 Å². The predicted octanol–water partition coefficient (Wildman–Crippen LogP) is 2.82. The Kier molecular flexibility index (Phi) is 16.2. The summed E-state index contributed by atoms with van der Waals surface area (Å²) in [6.45, 7) is 7.62. The van der Waals surface area contributed by atoms with Crippen LogP contribution in [0.1, 0.15) is 65.2 Å². The molecule has 0 spiro atoms. The van der Waals surface area contributed by atoms with E-state index >= 15 is 0 Å². The monoisotopic (exact) mass is 434 g/mol. The SMILES string of the molecule is CC.CCC(O)(O)C(=O)c1ccccc1C=O.CCOC(=O)c1cccc(N)c1.CN. The van der Waals surface area contributed by atoms with Crippen LogP contribution in [0.15, 0.2) is 48.5 Å². The molecule has 2 rings (SSSR count). The molecule has 0 atom stereocenters. The van der Waals surface area contributed by atoms with Gasteiger partial charge in [-0.15, -0.1) is 0 Å². The van der Waals surface area contributed by atoms with E-state index < -0.39 is 11.6 Å². The topological polar surface area (TPSA) is 153 Å². The molecule has 0 amide bonds. The van der Waals surface area contributed by atoms with Crippen molar-refractivity contribution >= 4 is 23.7 Å². The molecular formula is C23H34N2O6. The number of benzene rings is 2. The van der Waals surface area contributed by atoms with Gasteiger partial charge in [0.1, 0.15) is 0 Å². The lowest BCUT2D eigenvalue weighted by atomic mass is 9.97. The normalized spacial score (nSPS) is 9.42. The van der Waals surface area contributed by atoms with E-state index in [0.29, 0.717) is 24.1 Å². The van der Waals surface area contributed by atoms with E-state index in [2.05, 4.69) is 5.73 Å². The standard InChI is InChI=1S/C11H12O4.C9H11NO2.C2H6.CH5N/c1-2-11(14,15)10(13)9-6-4-3-5-8(9)7-12;1-2-12-9(11)7-4-3-5-8(10)6-7;2*1-2/h3-7,14-15H,2H2,1H3;3-6H,2,10H2,1H3;1-2H3;2H2,1H3. The van der Waals surface area contributed by atoms with Crippen molar-refractivity contribution in [2.75, 3.05) is 19.4 Å². The average Bonchev–Trinajstić information content (AvgIpc) is 2.81. The van der Waals surface area contributed by atoms with Crippen LogP contribution in [0.2, 0.25) is 0 Å². The van der Waals surface area contributed by atoms with Gasteiger partial charge in [0.15, 0.2) is 6.29 Å². The fourth-order valence-corrected chi connectivity index (χ4v) is 2.06. The van der Waals surface area contributed by atoms with Gasteiger partial charge in [-0.2, -0.15) is 0 Å². The predicted molar refractivity (Wildman–Crippen MR) is 122 cm³/mol. The van der Waals surface area contributed by atoms with Gasteiger partial charge < -0.3 is 26.4 Å². The minimum atomic E-state index is -2.40. The molecule has 0 bridgehead atoms. The van der Waals surface area contributed by atoms with Crippen molar-refractivity contribution in [1.82, 2.24) is 0 Å². The Hall–Kier alpha value is -3.07. The van der Waals surface area contributed by atoms with Crippen molar-refractivity contribution < 1.29 is 29.3 Å². The van der Waals surface area contributed by atoms with Crippen LogP contribution < -0.4 is 11.5 Å². The summed E-state index contributed by atoms with van der Waals surface area (Å²) in [5, 5.41) is 18.7. The third kappa shape index (κ3) is 10.5. The zero-order valence-corrected chi connectivity index (χ0v) is 18.8. The van der Waals surface area contributed by atoms with Gasteiger partial charge in [-0.05, 0) is 32.2 Å². The van der Waals surface area contributed by atoms with Gasteiger partial charge in [0, 0.05) is 23.2 Å². The third-order valence-electron chi connectivity index (χ3n) is 3.59. The van der Waals surface area contributed by atoms with Gasteiger partial charge in [-0.1, -0.05) is 51.1 Å². The lowest BCUT2D eigenvalue weighted by Gasteiger charge is -2.18. The summed E-state index contributed by atoms with van der Waals surface area (Å²) in [5.41, 5.74) is 11.2. The summed E-state index contributed by atoms with van der Waals surface area (Å²) in [7, 11) is 1.50. The zero-order chi connectivity index (χ0) is 24.4. The number of aldehydes is 1. The number of ether oxygens (including phenoxy) is 1. The van der Waals surface area contributed by atoms with E-state index in [4.69, 9.17) is 10.5 Å². The van der Waals surface area contributed by atoms with Crippen molar-refractivity contribution in [1.29, 1.82) is 0 Å². The molecule has 0 fully saturated rings. The fourth-order valence-electron chi connectivity index (χ4n) is 2.06. The number of ketones is 1. The quantitative estimate of drug-likeness (QED) is 0.178. The lowest BCUT2D eigenvalue weighted by Crippen LogP contribution is -2.38. The van der Waals surface area contributed by atoms with Crippen LogP contribution in [-0.2, 0) is 4.74 Å². The first-order valence-electron chi connectivity index (χ1n) is 9.91. The Balaban J connectivity index is 0. The number of aliphatic hydroxyl groups is 2. The van der Waals surface area contributed by atoms with Crippen LogP contribution in [0.4, 0.5) is 5.69 Å².